The number of nitrogens with zero attached hydrogens (tertiary/aromatic N) is 3. The Morgan fingerprint density at radius 1 is 1.18 bits per heavy atom. The predicted octanol–water partition coefficient (Wildman–Crippen LogP) is 2.58. The second-order valence-electron chi connectivity index (χ2n) is 10.00. The van der Waals surface area contributed by atoms with Crippen molar-refractivity contribution >= 4 is 31.2 Å². The van der Waals surface area contributed by atoms with Gasteiger partial charge in [0, 0.05) is 31.1 Å². The Morgan fingerprint density at radius 2 is 1.87 bits per heavy atom. The lowest BCUT2D eigenvalue weighted by Gasteiger charge is -2.44. The average Bonchev–Trinajstić information content (AvgIpc) is 3.61. The number of aromatic hydroxyl groups is 1. The third-order valence-corrected chi connectivity index (χ3v) is 8.84. The molecule has 3 aliphatic rings. The zero-order chi connectivity index (χ0) is 27.8. The fourth-order valence-corrected chi connectivity index (χ4v) is 6.76. The highest BCUT2D eigenvalue weighted by atomic mass is 35.5. The van der Waals surface area contributed by atoms with Gasteiger partial charge in [-0.05, 0) is 43.4 Å². The van der Waals surface area contributed by atoms with E-state index in [1.54, 1.807) is 6.92 Å². The Labute approximate surface area is 221 Å². The molecular weight excluding hydrogens is 544 g/mol. The highest BCUT2D eigenvalue weighted by molar-refractivity contribution is 7.46. The maximum atomic E-state index is 13.7. The summed E-state index contributed by atoms with van der Waals surface area (Å²) in [6.07, 6.45) is 1.20. The van der Waals surface area contributed by atoms with Gasteiger partial charge in [0.25, 0.3) is 17.4 Å². The largest absolute Gasteiger partial charge is 0.502 e. The van der Waals surface area contributed by atoms with E-state index in [0.29, 0.717) is 18.4 Å². The number of aromatic nitrogens is 1. The van der Waals surface area contributed by atoms with Gasteiger partial charge in [-0.15, -0.1) is 0 Å². The van der Waals surface area contributed by atoms with E-state index in [1.165, 1.54) is 39.6 Å². The van der Waals surface area contributed by atoms with E-state index in [-0.39, 0.29) is 47.8 Å². The summed E-state index contributed by atoms with van der Waals surface area (Å²) in [7, 11) is -3.34. The molecule has 1 fully saturated rings. The molecule has 11 nitrogen and oxygen atoms in total. The fraction of sp³-hybridized carbons (Fsp3) is 0.458. The second-order valence-corrected chi connectivity index (χ2v) is 11.6. The number of carbonyl (C=O) groups is 2. The van der Waals surface area contributed by atoms with Crippen LogP contribution in [0.25, 0.3) is 0 Å². The first-order valence-corrected chi connectivity index (χ1v) is 13.9. The molecule has 2 aliphatic heterocycles. The molecule has 0 bridgehead atoms. The van der Waals surface area contributed by atoms with E-state index in [9.17, 15) is 38.2 Å². The molecule has 1 atom stereocenters. The molecule has 0 unspecified atom stereocenters. The van der Waals surface area contributed by atoms with Crippen molar-refractivity contribution in [3.8, 4) is 5.75 Å². The van der Waals surface area contributed by atoms with E-state index in [2.05, 4.69) is 0 Å². The van der Waals surface area contributed by atoms with Gasteiger partial charge >= 0.3 is 7.82 Å². The van der Waals surface area contributed by atoms with Crippen molar-refractivity contribution in [3.05, 3.63) is 61.8 Å². The molecule has 3 N–H and O–H groups in total. The minimum atomic E-state index is -4.83. The Hall–Kier alpha value is -2.76. The molecule has 1 aliphatic carbocycles. The summed E-state index contributed by atoms with van der Waals surface area (Å²) in [4.78, 5) is 62.1. The molecule has 14 heteroatoms. The molecule has 2 aromatic rings. The Bertz CT molecular complexity index is 1490. The number of pyridine rings is 1. The number of fused-ring (bicyclic) bond motifs is 3. The highest BCUT2D eigenvalue weighted by Gasteiger charge is 2.67. The summed E-state index contributed by atoms with van der Waals surface area (Å²) in [6.45, 7) is 1.54. The SMILES string of the molecule is CC[C@]1(C2(COP(=O)(O)O)CC2)N(C)C(=O)c2c3c(c(O)c(=O)n21)C(=O)N(Cc1ccc(F)c(Cl)c1)CC3. The smallest absolute Gasteiger partial charge is 0.469 e. The molecule has 0 spiro atoms. The van der Waals surface area contributed by atoms with Gasteiger partial charge in [0.2, 0.25) is 0 Å². The first kappa shape index (κ1) is 26.8. The number of hydrogen-bond donors (Lipinski definition) is 3. The number of halogens is 2. The summed E-state index contributed by atoms with van der Waals surface area (Å²) < 4.78 is 31.1. The Balaban J connectivity index is 1.60. The van der Waals surface area contributed by atoms with Crippen LogP contribution in [-0.2, 0) is 27.7 Å². The van der Waals surface area contributed by atoms with E-state index in [1.807, 2.05) is 0 Å². The Morgan fingerprint density at radius 3 is 2.45 bits per heavy atom. The van der Waals surface area contributed by atoms with Crippen molar-refractivity contribution in [2.75, 3.05) is 20.2 Å². The molecular formula is C24H26ClFN3O8P. The van der Waals surface area contributed by atoms with Crippen LogP contribution in [0.15, 0.2) is 23.0 Å². The van der Waals surface area contributed by atoms with Crippen LogP contribution in [0.5, 0.6) is 5.75 Å². The van der Waals surface area contributed by atoms with Crippen LogP contribution < -0.4 is 5.56 Å². The third kappa shape index (κ3) is 3.81. The first-order valence-electron chi connectivity index (χ1n) is 12.0. The molecule has 1 aromatic heterocycles. The molecule has 2 amide bonds. The van der Waals surface area contributed by atoms with Crippen LogP contribution >= 0.6 is 19.4 Å². The van der Waals surface area contributed by atoms with Crippen molar-refractivity contribution in [1.29, 1.82) is 0 Å². The lowest BCUT2D eigenvalue weighted by molar-refractivity contribution is -0.0284. The standard InChI is InChI=1S/C24H26ClFN3O8P/c1-3-24(23(7-8-23)12-37-38(34,35)36)27(2)21(32)18-14-6-9-28(11-13-4-5-16(26)15(25)10-13)20(31)17(14)19(30)22(33)29(18)24/h4-5,10,30H,3,6-9,11-12H2,1-2H3,(H2,34,35,36)/t24-/m0/s1. The third-order valence-electron chi connectivity index (χ3n) is 8.08. The van der Waals surface area contributed by atoms with Crippen LogP contribution in [0.3, 0.4) is 0 Å². The van der Waals surface area contributed by atoms with Gasteiger partial charge in [0.15, 0.2) is 5.75 Å². The van der Waals surface area contributed by atoms with Gasteiger partial charge in [-0.25, -0.2) is 8.96 Å². The molecule has 1 saturated carbocycles. The molecule has 0 saturated heterocycles. The van der Waals surface area contributed by atoms with E-state index in [0.717, 1.165) is 0 Å². The zero-order valence-corrected chi connectivity index (χ0v) is 22.3. The number of hydrogen-bond acceptors (Lipinski definition) is 6. The minimum Gasteiger partial charge on any atom is -0.502 e. The second kappa shape index (κ2) is 8.89. The van der Waals surface area contributed by atoms with Crippen LogP contribution in [0, 0.1) is 11.2 Å². The number of benzene rings is 1. The highest BCUT2D eigenvalue weighted by Crippen LogP contribution is 2.63. The number of carbonyl (C=O) groups excluding carboxylic acids is 2. The fourth-order valence-electron chi connectivity index (χ4n) is 6.14. The van der Waals surface area contributed by atoms with E-state index >= 15 is 0 Å². The maximum absolute atomic E-state index is 13.7. The predicted molar refractivity (Wildman–Crippen MR) is 132 cm³/mol. The minimum absolute atomic E-state index is 0.0209. The van der Waals surface area contributed by atoms with Crippen LogP contribution in [0.1, 0.15) is 58.2 Å². The molecule has 38 heavy (non-hydrogen) atoms. The van der Waals surface area contributed by atoms with Gasteiger partial charge in [-0.2, -0.15) is 0 Å². The van der Waals surface area contributed by atoms with E-state index in [4.69, 9.17) is 16.1 Å². The molecule has 204 valence electrons. The summed E-state index contributed by atoms with van der Waals surface area (Å²) in [5.41, 5.74) is -2.77. The summed E-state index contributed by atoms with van der Waals surface area (Å²) in [5, 5.41) is 10.9. The zero-order valence-electron chi connectivity index (χ0n) is 20.6. The van der Waals surface area contributed by atoms with Crippen molar-refractivity contribution in [2.45, 2.75) is 44.8 Å². The maximum Gasteiger partial charge on any atom is 0.469 e. The summed E-state index contributed by atoms with van der Waals surface area (Å²) in [6, 6.07) is 4.05. The Kier molecular flexibility index (Phi) is 6.28. The number of phosphoric acid groups is 1. The topological polar surface area (TPSA) is 150 Å². The average molecular weight is 570 g/mol. The van der Waals surface area contributed by atoms with Crippen LogP contribution in [0.2, 0.25) is 5.02 Å². The first-order chi connectivity index (χ1) is 17.8. The molecule has 0 radical (unpaired) electrons. The molecule has 1 aromatic carbocycles. The lowest BCUT2D eigenvalue weighted by Crippen LogP contribution is -2.56. The summed E-state index contributed by atoms with van der Waals surface area (Å²) >= 11 is 5.86. The summed E-state index contributed by atoms with van der Waals surface area (Å²) in [5.74, 6) is -2.59. The number of phosphoric ester groups is 1. The van der Waals surface area contributed by atoms with Crippen molar-refractivity contribution in [3.63, 3.8) is 0 Å². The quantitative estimate of drug-likeness (QED) is 0.431. The van der Waals surface area contributed by atoms with Gasteiger partial charge in [-0.3, -0.25) is 23.5 Å². The molecule has 5 rings (SSSR count). The van der Waals surface area contributed by atoms with Crippen LogP contribution in [0.4, 0.5) is 4.39 Å². The van der Waals surface area contributed by atoms with E-state index < -0.39 is 54.4 Å². The number of rotatable bonds is 7. The van der Waals surface area contributed by atoms with Crippen LogP contribution in [-0.4, -0.2) is 61.3 Å². The normalized spacial score (nSPS) is 22.1. The van der Waals surface area contributed by atoms with Crippen molar-refractivity contribution < 1.29 is 38.0 Å². The van der Waals surface area contributed by atoms with Crippen molar-refractivity contribution in [2.24, 2.45) is 5.41 Å². The lowest BCUT2D eigenvalue weighted by atomic mass is 9.85. The van der Waals surface area contributed by atoms with Gasteiger partial charge in [0.1, 0.15) is 17.2 Å². The van der Waals surface area contributed by atoms with Crippen molar-refractivity contribution in [1.82, 2.24) is 14.4 Å². The molecule has 3 heterocycles. The monoisotopic (exact) mass is 569 g/mol. The van der Waals surface area contributed by atoms with Gasteiger partial charge in [0.05, 0.1) is 17.2 Å². The number of amides is 2. The van der Waals surface area contributed by atoms with Gasteiger partial charge < -0.3 is 24.7 Å². The van der Waals surface area contributed by atoms with Gasteiger partial charge in [-0.1, -0.05) is 24.6 Å².